The number of aromatic amines is 1. The Morgan fingerprint density at radius 1 is 1.16 bits per heavy atom. The number of aliphatic hydroxyl groups excluding tert-OH is 2. The Balaban J connectivity index is 1.57. The van der Waals surface area contributed by atoms with Gasteiger partial charge in [0.15, 0.2) is 24.2 Å². The predicted octanol–water partition coefficient (Wildman–Crippen LogP) is -4.08. The Labute approximate surface area is 248 Å². The lowest BCUT2D eigenvalue weighted by Crippen LogP contribution is -2.54. The highest BCUT2D eigenvalue weighted by Gasteiger charge is 2.54. The maximum atomic E-state index is 13.0. The molecule has 242 valence electrons. The molecule has 0 bridgehead atoms. The normalized spacial score (nSPS) is 32.8. The molecule has 9 N–H and O–H groups in total. The predicted molar refractivity (Wildman–Crippen MR) is 143 cm³/mol. The Morgan fingerprint density at radius 3 is 2.52 bits per heavy atom. The Hall–Kier alpha value is -4.30. The van der Waals surface area contributed by atoms with Gasteiger partial charge in [0.2, 0.25) is 18.1 Å². The van der Waals surface area contributed by atoms with Crippen molar-refractivity contribution in [2.75, 3.05) is 7.11 Å². The van der Waals surface area contributed by atoms with Crippen LogP contribution in [0.3, 0.4) is 0 Å². The fourth-order valence-electron chi connectivity index (χ4n) is 5.17. The average molecular weight is 627 g/mol. The number of carbonyl (C=O) groups is 4. The number of primary amides is 2. The highest BCUT2D eigenvalue weighted by molar-refractivity contribution is 5.95. The van der Waals surface area contributed by atoms with Crippen molar-refractivity contribution < 1.29 is 53.1 Å². The first-order valence-electron chi connectivity index (χ1n) is 13.6. The van der Waals surface area contributed by atoms with Gasteiger partial charge in [-0.1, -0.05) is 0 Å². The third kappa shape index (κ3) is 7.08. The second kappa shape index (κ2) is 13.6. The maximum absolute atomic E-state index is 13.0. The summed E-state index contributed by atoms with van der Waals surface area (Å²) in [6, 6.07) is -0.00244. The van der Waals surface area contributed by atoms with E-state index < -0.39 is 96.0 Å². The van der Waals surface area contributed by atoms with E-state index in [2.05, 4.69) is 10.6 Å². The third-order valence-corrected chi connectivity index (χ3v) is 7.29. The molecule has 1 aromatic rings. The van der Waals surface area contributed by atoms with Gasteiger partial charge >= 0.3 is 11.8 Å². The fourth-order valence-corrected chi connectivity index (χ4v) is 5.17. The molecule has 0 aliphatic carbocycles. The van der Waals surface area contributed by atoms with E-state index in [1.807, 2.05) is 11.9 Å². The number of rotatable bonds is 9. The van der Waals surface area contributed by atoms with Crippen molar-refractivity contribution in [2.45, 2.75) is 87.4 Å². The molecule has 2 fully saturated rings. The smallest absolute Gasteiger partial charge is 0.405 e. The van der Waals surface area contributed by atoms with E-state index >= 15 is 0 Å². The number of nitrogens with one attached hydrogen (secondary N) is 3. The fraction of sp³-hybridized carbons (Fsp3) is 0.600. The number of nitrogens with two attached hydrogens (primary N) is 2. The van der Waals surface area contributed by atoms with Gasteiger partial charge in [-0.3, -0.25) is 28.7 Å². The minimum Gasteiger partial charge on any atom is -0.456 e. The third-order valence-electron chi connectivity index (χ3n) is 7.29. The summed E-state index contributed by atoms with van der Waals surface area (Å²) in [6.45, 7) is 1.83. The van der Waals surface area contributed by atoms with Gasteiger partial charge in [0.05, 0.1) is 0 Å². The van der Waals surface area contributed by atoms with E-state index in [-0.39, 0.29) is 6.04 Å². The second-order valence-electron chi connectivity index (χ2n) is 10.4. The molecular formula is C25H34N6O13. The van der Waals surface area contributed by atoms with Crippen LogP contribution in [-0.4, -0.2) is 106 Å². The lowest BCUT2D eigenvalue weighted by Gasteiger charge is -2.35. The van der Waals surface area contributed by atoms with Gasteiger partial charge in [-0.05, 0) is 32.3 Å². The molecule has 10 atom stereocenters. The number of carbonyl (C=O) groups excluding carboxylic acids is 4. The van der Waals surface area contributed by atoms with Crippen molar-refractivity contribution in [3.05, 3.63) is 44.9 Å². The van der Waals surface area contributed by atoms with E-state index in [1.165, 1.54) is 0 Å². The summed E-state index contributed by atoms with van der Waals surface area (Å²) >= 11 is 0. The van der Waals surface area contributed by atoms with Crippen LogP contribution in [0, 0.1) is 0 Å². The lowest BCUT2D eigenvalue weighted by atomic mass is 10.0. The maximum Gasteiger partial charge on any atom is 0.405 e. The van der Waals surface area contributed by atoms with E-state index in [1.54, 1.807) is 0 Å². The topological polar surface area (TPSA) is 286 Å². The SMILES string of the molecule is CO[C@H]1[C@@H](OC(N)=O)[C@H](n2ccc(=O)[nH]c2=O)O[C@@H]1C(OC1OC(C(=O)NC2CCCC(C)NC2=O)=CC(O)C1O)C(N)=O. The number of aliphatic hydroxyl groups is 2. The number of nitrogens with zero attached hydrogens (tertiary/aromatic N) is 1. The van der Waals surface area contributed by atoms with Crippen LogP contribution in [0.25, 0.3) is 0 Å². The zero-order valence-electron chi connectivity index (χ0n) is 23.6. The molecule has 0 spiro atoms. The highest BCUT2D eigenvalue weighted by Crippen LogP contribution is 2.36. The molecule has 4 rings (SSSR count). The van der Waals surface area contributed by atoms with Crippen molar-refractivity contribution in [3.8, 4) is 0 Å². The number of aromatic nitrogens is 2. The van der Waals surface area contributed by atoms with E-state index in [9.17, 15) is 39.0 Å². The lowest BCUT2D eigenvalue weighted by molar-refractivity contribution is -0.241. The zero-order valence-corrected chi connectivity index (χ0v) is 23.6. The molecule has 3 aliphatic heterocycles. The summed E-state index contributed by atoms with van der Waals surface area (Å²) in [6.07, 6.45) is -11.0. The number of ether oxygens (including phenoxy) is 5. The van der Waals surface area contributed by atoms with Gasteiger partial charge in [-0.25, -0.2) is 9.59 Å². The zero-order chi connectivity index (χ0) is 32.3. The molecule has 6 unspecified atom stereocenters. The average Bonchev–Trinajstić information content (AvgIpc) is 3.20. The van der Waals surface area contributed by atoms with Crippen LogP contribution in [0.1, 0.15) is 32.4 Å². The van der Waals surface area contributed by atoms with Crippen LogP contribution in [0.15, 0.2) is 33.7 Å². The second-order valence-corrected chi connectivity index (χ2v) is 10.4. The molecule has 44 heavy (non-hydrogen) atoms. The van der Waals surface area contributed by atoms with Crippen molar-refractivity contribution >= 4 is 23.8 Å². The Bertz CT molecular complexity index is 1410. The van der Waals surface area contributed by atoms with Crippen LogP contribution in [0.5, 0.6) is 0 Å². The molecule has 0 aromatic carbocycles. The van der Waals surface area contributed by atoms with E-state index in [0.29, 0.717) is 19.3 Å². The molecule has 19 heteroatoms. The monoisotopic (exact) mass is 626 g/mol. The number of amides is 4. The van der Waals surface area contributed by atoms with Crippen LogP contribution in [-0.2, 0) is 38.1 Å². The summed E-state index contributed by atoms with van der Waals surface area (Å²) in [5, 5.41) is 26.3. The summed E-state index contributed by atoms with van der Waals surface area (Å²) in [7, 11) is 1.15. The molecule has 4 heterocycles. The van der Waals surface area contributed by atoms with Crippen molar-refractivity contribution in [2.24, 2.45) is 11.5 Å². The van der Waals surface area contributed by atoms with Crippen molar-refractivity contribution in [3.63, 3.8) is 0 Å². The first-order valence-corrected chi connectivity index (χ1v) is 13.6. The summed E-state index contributed by atoms with van der Waals surface area (Å²) in [4.78, 5) is 75.9. The molecule has 4 amide bonds. The molecule has 0 radical (unpaired) electrons. The highest BCUT2D eigenvalue weighted by atomic mass is 16.7. The molecule has 3 aliphatic rings. The van der Waals surface area contributed by atoms with Crippen LogP contribution in [0.2, 0.25) is 0 Å². The first-order chi connectivity index (χ1) is 20.8. The van der Waals surface area contributed by atoms with Gasteiger partial charge in [0.1, 0.15) is 30.5 Å². The molecule has 1 aromatic heterocycles. The van der Waals surface area contributed by atoms with Gasteiger partial charge in [-0.15, -0.1) is 0 Å². The van der Waals surface area contributed by atoms with Crippen molar-refractivity contribution in [1.29, 1.82) is 0 Å². The van der Waals surface area contributed by atoms with Gasteiger partial charge < -0.3 is 56.0 Å². The quantitative estimate of drug-likeness (QED) is 0.137. The number of hydrogen-bond donors (Lipinski definition) is 7. The number of H-pyrrole nitrogens is 1. The molecular weight excluding hydrogens is 592 g/mol. The molecule has 2 saturated heterocycles. The largest absolute Gasteiger partial charge is 0.456 e. The minimum atomic E-state index is -1.90. The Morgan fingerprint density at radius 2 is 1.89 bits per heavy atom. The standard InChI is InChI=1S/C25H34N6O13/c1-9-4-3-5-10(20(36)28-9)29-21(37)12-8-11(32)14(34)23(41-12)43-17(19(26)35)16-15(40-2)18(44-24(27)38)22(42-16)31-7-6-13(33)30-25(31)39/h6-11,14-18,22-23,32,34H,3-5H2,1-2H3,(H2,26,35)(H2,27,38)(H,28,36)(H,29,37)(H,30,33,39)/t9?,10?,11?,14?,15-,16+,17?,18-,22-,23?/m1/s1. The first kappa shape index (κ1) is 32.6. The van der Waals surface area contributed by atoms with E-state index in [0.717, 1.165) is 30.0 Å². The number of methoxy groups -OCH3 is 1. The molecule has 0 saturated carbocycles. The Kier molecular flexibility index (Phi) is 10.0. The van der Waals surface area contributed by atoms with Crippen LogP contribution < -0.4 is 33.3 Å². The van der Waals surface area contributed by atoms with Crippen LogP contribution >= 0.6 is 0 Å². The number of hydrogen-bond acceptors (Lipinski definition) is 13. The molecule has 19 nitrogen and oxygen atoms in total. The van der Waals surface area contributed by atoms with Gasteiger partial charge in [-0.2, -0.15) is 0 Å². The van der Waals surface area contributed by atoms with E-state index in [4.69, 9.17) is 35.2 Å². The summed E-state index contributed by atoms with van der Waals surface area (Å²) < 4.78 is 28.3. The summed E-state index contributed by atoms with van der Waals surface area (Å²) in [5.74, 6) is -3.05. The van der Waals surface area contributed by atoms with Crippen molar-refractivity contribution in [1.82, 2.24) is 20.2 Å². The van der Waals surface area contributed by atoms with Gasteiger partial charge in [0, 0.05) is 25.4 Å². The minimum absolute atomic E-state index is 0.0841. The summed E-state index contributed by atoms with van der Waals surface area (Å²) in [5.41, 5.74) is 9.08. The van der Waals surface area contributed by atoms with Crippen LogP contribution in [0.4, 0.5) is 4.79 Å². The van der Waals surface area contributed by atoms with Gasteiger partial charge in [0.25, 0.3) is 11.5 Å².